The summed E-state index contributed by atoms with van der Waals surface area (Å²) in [7, 11) is 0. The molecule has 1 aromatic heterocycles. The number of esters is 4. The van der Waals surface area contributed by atoms with E-state index in [1.807, 2.05) is 33.8 Å². The Balaban J connectivity index is 1.61. The lowest BCUT2D eigenvalue weighted by molar-refractivity contribution is -0.284. The number of furan rings is 1. The zero-order valence-electron chi connectivity index (χ0n) is 29.3. The maximum absolute atomic E-state index is 13.6. The Hall–Kier alpha value is -3.14. The van der Waals surface area contributed by atoms with Crippen LogP contribution in [0.2, 0.25) is 0 Å². The number of epoxide rings is 1. The van der Waals surface area contributed by atoms with Crippen molar-refractivity contribution in [3.05, 3.63) is 35.8 Å². The highest BCUT2D eigenvalue weighted by molar-refractivity contribution is 5.87. The van der Waals surface area contributed by atoms with E-state index in [9.17, 15) is 19.2 Å². The van der Waals surface area contributed by atoms with Crippen molar-refractivity contribution in [2.45, 2.75) is 136 Å². The maximum Gasteiger partial charge on any atom is 0.333 e. The summed E-state index contributed by atoms with van der Waals surface area (Å²) in [6.45, 7) is 18.6. The molecule has 2 saturated heterocycles. The molecule has 0 unspecified atom stereocenters. The molecule has 1 spiro atoms. The largest absolute Gasteiger partial charge is 0.472 e. The van der Waals surface area contributed by atoms with Crippen LogP contribution < -0.4 is 0 Å². The van der Waals surface area contributed by atoms with Crippen LogP contribution in [-0.2, 0) is 42.9 Å². The molecule has 2 aliphatic heterocycles. The van der Waals surface area contributed by atoms with Gasteiger partial charge in [0.25, 0.3) is 0 Å². The summed E-state index contributed by atoms with van der Waals surface area (Å²) in [6, 6.07) is 1.96. The van der Waals surface area contributed by atoms with Crippen molar-refractivity contribution in [2.75, 3.05) is 0 Å². The predicted molar refractivity (Wildman–Crippen MR) is 169 cm³/mol. The molecule has 5 fully saturated rings. The first-order chi connectivity index (χ1) is 21.9. The number of ether oxygens (including phenoxy) is 5. The van der Waals surface area contributed by atoms with Gasteiger partial charge in [0.2, 0.25) is 0 Å². The lowest BCUT2D eigenvalue weighted by Gasteiger charge is -2.68. The Morgan fingerprint density at radius 2 is 1.57 bits per heavy atom. The quantitative estimate of drug-likeness (QED) is 0.154. The Morgan fingerprint density at radius 1 is 0.915 bits per heavy atom. The minimum Gasteiger partial charge on any atom is -0.472 e. The Kier molecular flexibility index (Phi) is 7.85. The molecule has 5 aliphatic rings. The van der Waals surface area contributed by atoms with Crippen LogP contribution >= 0.6 is 0 Å². The van der Waals surface area contributed by atoms with Gasteiger partial charge in [-0.15, -0.1) is 0 Å². The van der Waals surface area contributed by atoms with Crippen LogP contribution in [0.3, 0.4) is 0 Å². The van der Waals surface area contributed by atoms with Gasteiger partial charge in [-0.1, -0.05) is 40.7 Å². The van der Waals surface area contributed by atoms with Crippen LogP contribution in [0.4, 0.5) is 0 Å². The van der Waals surface area contributed by atoms with Gasteiger partial charge in [0.05, 0.1) is 31.0 Å². The van der Waals surface area contributed by atoms with Gasteiger partial charge in [0.1, 0.15) is 29.5 Å². The van der Waals surface area contributed by atoms with Crippen LogP contribution in [-0.4, -0.2) is 59.5 Å². The number of fused-ring (bicyclic) bond motifs is 3. The maximum atomic E-state index is 13.6. The normalized spacial score (nSPS) is 43.3. The van der Waals surface area contributed by atoms with Crippen molar-refractivity contribution in [2.24, 2.45) is 34.0 Å². The predicted octanol–water partition coefficient (Wildman–Crippen LogP) is 6.07. The smallest absolute Gasteiger partial charge is 0.333 e. The number of hydrogen-bond donors (Lipinski definition) is 0. The molecule has 3 heterocycles. The fourth-order valence-corrected chi connectivity index (χ4v) is 10.9. The first-order valence-electron chi connectivity index (χ1n) is 17.0. The van der Waals surface area contributed by atoms with Gasteiger partial charge in [0.15, 0.2) is 0 Å². The molecule has 3 aliphatic carbocycles. The van der Waals surface area contributed by atoms with Crippen molar-refractivity contribution >= 4 is 23.9 Å². The average Bonchev–Trinajstić information content (AvgIpc) is 3.35. The third-order valence-corrected chi connectivity index (χ3v) is 13.2. The van der Waals surface area contributed by atoms with Gasteiger partial charge in [-0.25, -0.2) is 4.79 Å². The monoisotopic (exact) mass is 654 g/mol. The molecular weight excluding hydrogens is 604 g/mol. The molecule has 10 nitrogen and oxygen atoms in total. The highest BCUT2D eigenvalue weighted by Gasteiger charge is 2.90. The number of carbonyl (C=O) groups excluding carboxylic acids is 4. The molecule has 258 valence electrons. The van der Waals surface area contributed by atoms with Gasteiger partial charge in [-0.05, 0) is 64.5 Å². The van der Waals surface area contributed by atoms with E-state index in [4.69, 9.17) is 28.1 Å². The topological polar surface area (TPSA) is 131 Å². The van der Waals surface area contributed by atoms with E-state index < -0.39 is 69.6 Å². The second-order valence-electron chi connectivity index (χ2n) is 16.0. The summed E-state index contributed by atoms with van der Waals surface area (Å²) in [4.78, 5) is 53.2. The molecule has 0 bridgehead atoms. The zero-order valence-corrected chi connectivity index (χ0v) is 29.3. The standard InChI is InChI=1S/C37H50O10/c1-11-20(4)32(41)45-28-15-24-33(6,7)47-30(39)17-26(43-21(5)38)34(24,8)25-16-27(44-31(40)19(2)3)35(9)23(22-12-13-42-18-22)14-29-37(35,46-29)36(25,28)10/h11-13,18-19,23-29H,14-17H2,1-10H3/t23-,24-,25+,26+,27-,28+,29+,34+,35-,36+,37+/m1/s1. The summed E-state index contributed by atoms with van der Waals surface area (Å²) < 4.78 is 37.8. The SMILES string of the molecule is CC=C(C)C(=O)O[C@H]1C[C@@H]2C(C)(C)OC(=O)C[C@H](OC(C)=O)[C@]2(C)[C@@H]2C[C@@H](OC(=O)C(C)C)[C@@]3(C)[C@@H](c4ccoc4)C[C@@H]4O[C@@]43[C@]12C. The molecule has 0 radical (unpaired) electrons. The molecule has 0 amide bonds. The second kappa shape index (κ2) is 10.9. The molecule has 1 aromatic rings. The highest BCUT2D eigenvalue weighted by atomic mass is 16.6. The fraction of sp³-hybridized carbons (Fsp3) is 0.730. The molecule has 0 aromatic carbocycles. The Morgan fingerprint density at radius 3 is 2.17 bits per heavy atom. The first kappa shape index (κ1) is 33.7. The van der Waals surface area contributed by atoms with E-state index in [0.29, 0.717) is 24.8 Å². The minimum absolute atomic E-state index is 0.0679. The third kappa shape index (κ3) is 4.52. The van der Waals surface area contributed by atoms with Crippen molar-refractivity contribution < 1.29 is 47.3 Å². The molecule has 11 atom stereocenters. The van der Waals surface area contributed by atoms with Gasteiger partial charge < -0.3 is 28.1 Å². The van der Waals surface area contributed by atoms with Gasteiger partial charge in [0, 0.05) is 40.6 Å². The molecular formula is C37H50O10. The zero-order chi connectivity index (χ0) is 34.5. The van der Waals surface area contributed by atoms with Gasteiger partial charge in [-0.2, -0.15) is 0 Å². The number of hydrogen-bond acceptors (Lipinski definition) is 10. The summed E-state index contributed by atoms with van der Waals surface area (Å²) in [5.74, 6) is -2.90. The second-order valence-corrected chi connectivity index (χ2v) is 16.0. The van der Waals surface area contributed by atoms with Gasteiger partial charge >= 0.3 is 23.9 Å². The molecule has 6 rings (SSSR count). The molecule has 3 saturated carbocycles. The van der Waals surface area contributed by atoms with Gasteiger partial charge in [-0.3, -0.25) is 14.4 Å². The van der Waals surface area contributed by atoms with E-state index in [-0.39, 0.29) is 36.2 Å². The van der Waals surface area contributed by atoms with Crippen molar-refractivity contribution in [3.63, 3.8) is 0 Å². The van der Waals surface area contributed by atoms with Crippen LogP contribution in [0.15, 0.2) is 34.7 Å². The van der Waals surface area contributed by atoms with Crippen molar-refractivity contribution in [3.8, 4) is 0 Å². The molecule has 10 heteroatoms. The summed E-state index contributed by atoms with van der Waals surface area (Å²) in [5, 5.41) is 0. The number of allylic oxidation sites excluding steroid dienone is 1. The summed E-state index contributed by atoms with van der Waals surface area (Å²) >= 11 is 0. The Bertz CT molecular complexity index is 1490. The van der Waals surface area contributed by atoms with Crippen LogP contribution in [0.25, 0.3) is 0 Å². The first-order valence-corrected chi connectivity index (χ1v) is 17.0. The summed E-state index contributed by atoms with van der Waals surface area (Å²) in [6.07, 6.45) is 4.12. The highest BCUT2D eigenvalue weighted by Crippen LogP contribution is 2.82. The number of carbonyl (C=O) groups is 4. The molecule has 0 N–H and O–H groups in total. The van der Waals surface area contributed by atoms with E-state index in [2.05, 4.69) is 20.8 Å². The van der Waals surface area contributed by atoms with Crippen LogP contribution in [0.5, 0.6) is 0 Å². The van der Waals surface area contributed by atoms with Crippen LogP contribution in [0.1, 0.15) is 106 Å². The van der Waals surface area contributed by atoms with Crippen molar-refractivity contribution in [1.82, 2.24) is 0 Å². The lowest BCUT2D eigenvalue weighted by Crippen LogP contribution is -2.74. The van der Waals surface area contributed by atoms with Crippen molar-refractivity contribution in [1.29, 1.82) is 0 Å². The van der Waals surface area contributed by atoms with E-state index in [0.717, 1.165) is 5.56 Å². The van der Waals surface area contributed by atoms with E-state index >= 15 is 0 Å². The van der Waals surface area contributed by atoms with E-state index in [1.165, 1.54) is 6.92 Å². The third-order valence-electron chi connectivity index (χ3n) is 13.2. The van der Waals surface area contributed by atoms with Crippen LogP contribution in [0, 0.1) is 34.0 Å². The molecule has 47 heavy (non-hydrogen) atoms. The summed E-state index contributed by atoms with van der Waals surface area (Å²) in [5.41, 5.74) is -2.83. The fourth-order valence-electron chi connectivity index (χ4n) is 10.9. The number of rotatable bonds is 6. The average molecular weight is 655 g/mol. The van der Waals surface area contributed by atoms with E-state index in [1.54, 1.807) is 32.4 Å². The minimum atomic E-state index is -0.996. The number of cyclic esters (lactones) is 1. The Labute approximate surface area is 277 Å². The lowest BCUT2D eigenvalue weighted by atomic mass is 9.37.